The van der Waals surface area contributed by atoms with Gasteiger partial charge >= 0.3 is 0 Å². The lowest BCUT2D eigenvalue weighted by molar-refractivity contribution is 0.488. The van der Waals surface area contributed by atoms with E-state index in [1.807, 2.05) is 30.3 Å². The summed E-state index contributed by atoms with van der Waals surface area (Å²) in [5, 5.41) is 7.76. The normalized spacial score (nSPS) is 12.8. The summed E-state index contributed by atoms with van der Waals surface area (Å²) in [6.45, 7) is 3.21. The zero-order valence-corrected chi connectivity index (χ0v) is 11.1. The molecule has 4 heteroatoms. The Morgan fingerprint density at radius 3 is 3.00 bits per heavy atom. The molecule has 0 aliphatic heterocycles. The van der Waals surface area contributed by atoms with Crippen LogP contribution in [0.3, 0.4) is 0 Å². The number of nitrogens with zero attached hydrogens (tertiary/aromatic N) is 2. The maximum atomic E-state index is 5.18. The van der Waals surface area contributed by atoms with Crippen molar-refractivity contribution in [3.63, 3.8) is 0 Å². The highest BCUT2D eigenvalue weighted by Crippen LogP contribution is 2.19. The molecule has 0 aliphatic carbocycles. The molecule has 2 aromatic rings. The zero-order valence-electron chi connectivity index (χ0n) is 11.1. The highest BCUT2D eigenvalue weighted by atomic mass is 16.3. The minimum Gasteiger partial charge on any atom is -0.472 e. The molecule has 0 saturated heterocycles. The summed E-state index contributed by atoms with van der Waals surface area (Å²) in [6, 6.07) is 2.40. The average molecular weight is 247 g/mol. The summed E-state index contributed by atoms with van der Waals surface area (Å²) in [7, 11) is 1.95. The maximum Gasteiger partial charge on any atom is 0.0950 e. The number of hydrogen-bond donors (Lipinski definition) is 1. The molecule has 1 unspecified atom stereocenters. The summed E-state index contributed by atoms with van der Waals surface area (Å²) in [5.41, 5.74) is 2.51. The van der Waals surface area contributed by atoms with E-state index in [1.54, 1.807) is 6.26 Å². The minimum absolute atomic E-state index is 0.365. The fourth-order valence-electron chi connectivity index (χ4n) is 2.09. The second-order valence-electron chi connectivity index (χ2n) is 4.62. The lowest BCUT2D eigenvalue weighted by Gasteiger charge is -2.16. The van der Waals surface area contributed by atoms with Gasteiger partial charge in [-0.2, -0.15) is 5.10 Å². The summed E-state index contributed by atoms with van der Waals surface area (Å²) in [4.78, 5) is 0. The van der Waals surface area contributed by atoms with Crippen molar-refractivity contribution in [2.24, 2.45) is 7.05 Å². The third kappa shape index (κ3) is 3.47. The van der Waals surface area contributed by atoms with Gasteiger partial charge in [-0.15, -0.1) is 0 Å². The minimum atomic E-state index is 0.365. The Bertz CT molecular complexity index is 447. The van der Waals surface area contributed by atoms with E-state index >= 15 is 0 Å². The Kier molecular flexibility index (Phi) is 4.59. The van der Waals surface area contributed by atoms with Gasteiger partial charge in [0.05, 0.1) is 18.7 Å². The van der Waals surface area contributed by atoms with Crippen molar-refractivity contribution in [1.82, 2.24) is 15.1 Å². The number of nitrogens with one attached hydrogen (secondary N) is 1. The molecule has 0 radical (unpaired) electrons. The van der Waals surface area contributed by atoms with E-state index in [2.05, 4.69) is 23.5 Å². The van der Waals surface area contributed by atoms with Gasteiger partial charge in [0, 0.05) is 24.8 Å². The predicted octanol–water partition coefficient (Wildman–Crippen LogP) is 2.69. The van der Waals surface area contributed by atoms with Gasteiger partial charge in [0.1, 0.15) is 0 Å². The summed E-state index contributed by atoms with van der Waals surface area (Å²) in [6.07, 6.45) is 10.8. The molecule has 0 aromatic carbocycles. The van der Waals surface area contributed by atoms with E-state index in [9.17, 15) is 0 Å². The fraction of sp³-hybridized carbons (Fsp3) is 0.500. The molecule has 2 aromatic heterocycles. The van der Waals surface area contributed by atoms with Gasteiger partial charge in [-0.1, -0.05) is 6.92 Å². The summed E-state index contributed by atoms with van der Waals surface area (Å²) in [5.74, 6) is 0. The first-order valence-corrected chi connectivity index (χ1v) is 6.52. The van der Waals surface area contributed by atoms with Crippen molar-refractivity contribution in [2.75, 3.05) is 6.54 Å². The molecule has 2 rings (SSSR count). The smallest absolute Gasteiger partial charge is 0.0950 e. The molecule has 2 heterocycles. The van der Waals surface area contributed by atoms with Gasteiger partial charge in [-0.3, -0.25) is 4.68 Å². The third-order valence-corrected chi connectivity index (χ3v) is 3.07. The predicted molar refractivity (Wildman–Crippen MR) is 71.3 cm³/mol. The van der Waals surface area contributed by atoms with Crippen LogP contribution in [-0.4, -0.2) is 16.3 Å². The summed E-state index contributed by atoms with van der Waals surface area (Å²) < 4.78 is 7.02. The van der Waals surface area contributed by atoms with E-state index in [0.29, 0.717) is 6.04 Å². The molecule has 0 saturated carbocycles. The second kappa shape index (κ2) is 6.40. The lowest BCUT2D eigenvalue weighted by Crippen LogP contribution is -2.22. The topological polar surface area (TPSA) is 43.0 Å². The first kappa shape index (κ1) is 12.9. The number of aryl methyl sites for hydroxylation is 2. The molecule has 0 amide bonds. The molecule has 18 heavy (non-hydrogen) atoms. The van der Waals surface area contributed by atoms with Crippen LogP contribution >= 0.6 is 0 Å². The largest absolute Gasteiger partial charge is 0.472 e. The molecular formula is C14H21N3O. The van der Waals surface area contributed by atoms with E-state index in [0.717, 1.165) is 25.8 Å². The van der Waals surface area contributed by atoms with Gasteiger partial charge in [-0.25, -0.2) is 0 Å². The first-order valence-electron chi connectivity index (χ1n) is 6.52. The molecule has 0 fully saturated rings. The van der Waals surface area contributed by atoms with Crippen LogP contribution in [0.15, 0.2) is 35.4 Å². The highest BCUT2D eigenvalue weighted by Gasteiger charge is 2.12. The van der Waals surface area contributed by atoms with Gasteiger partial charge in [0.2, 0.25) is 0 Å². The zero-order chi connectivity index (χ0) is 12.8. The van der Waals surface area contributed by atoms with Crippen LogP contribution in [0.5, 0.6) is 0 Å². The highest BCUT2D eigenvalue weighted by molar-refractivity contribution is 5.13. The van der Waals surface area contributed by atoms with Crippen molar-refractivity contribution >= 4 is 0 Å². The average Bonchev–Trinajstić information content (AvgIpc) is 3.01. The number of aromatic nitrogens is 2. The molecule has 0 bridgehead atoms. The number of hydrogen-bond acceptors (Lipinski definition) is 3. The fourth-order valence-corrected chi connectivity index (χ4v) is 2.09. The van der Waals surface area contributed by atoms with E-state index in [4.69, 9.17) is 4.42 Å². The van der Waals surface area contributed by atoms with Crippen LogP contribution in [0.1, 0.15) is 36.9 Å². The Hall–Kier alpha value is -1.55. The van der Waals surface area contributed by atoms with Gasteiger partial charge < -0.3 is 9.73 Å². The van der Waals surface area contributed by atoms with Crippen LogP contribution < -0.4 is 5.32 Å². The molecular weight excluding hydrogens is 226 g/mol. The number of furan rings is 1. The van der Waals surface area contributed by atoms with E-state index in [-0.39, 0.29) is 0 Å². The maximum absolute atomic E-state index is 5.18. The molecule has 0 aliphatic rings. The van der Waals surface area contributed by atoms with Crippen LogP contribution in [0.2, 0.25) is 0 Å². The Morgan fingerprint density at radius 1 is 1.50 bits per heavy atom. The van der Waals surface area contributed by atoms with Crippen molar-refractivity contribution in [1.29, 1.82) is 0 Å². The monoisotopic (exact) mass is 247 g/mol. The first-order chi connectivity index (χ1) is 8.79. The Labute approximate surface area is 108 Å². The molecule has 1 atom stereocenters. The van der Waals surface area contributed by atoms with Gasteiger partial charge in [0.25, 0.3) is 0 Å². The van der Waals surface area contributed by atoms with Crippen LogP contribution in [-0.2, 0) is 13.5 Å². The van der Waals surface area contributed by atoms with Crippen LogP contribution in [0.4, 0.5) is 0 Å². The van der Waals surface area contributed by atoms with Crippen LogP contribution in [0.25, 0.3) is 0 Å². The molecule has 98 valence electrons. The summed E-state index contributed by atoms with van der Waals surface area (Å²) >= 11 is 0. The van der Waals surface area contributed by atoms with E-state index in [1.165, 1.54) is 11.1 Å². The Balaban J connectivity index is 1.93. The van der Waals surface area contributed by atoms with E-state index < -0.39 is 0 Å². The Morgan fingerprint density at radius 2 is 2.39 bits per heavy atom. The van der Waals surface area contributed by atoms with Gasteiger partial charge in [-0.05, 0) is 37.4 Å². The quantitative estimate of drug-likeness (QED) is 0.818. The van der Waals surface area contributed by atoms with Crippen molar-refractivity contribution in [3.8, 4) is 0 Å². The SMILES string of the molecule is CCCNC(CCc1cnn(C)c1)c1ccoc1. The number of rotatable bonds is 7. The van der Waals surface area contributed by atoms with Crippen molar-refractivity contribution < 1.29 is 4.42 Å². The molecule has 4 nitrogen and oxygen atoms in total. The van der Waals surface area contributed by atoms with Crippen molar-refractivity contribution in [2.45, 2.75) is 32.2 Å². The molecule has 1 N–H and O–H groups in total. The van der Waals surface area contributed by atoms with Crippen molar-refractivity contribution in [3.05, 3.63) is 42.1 Å². The van der Waals surface area contributed by atoms with Gasteiger partial charge in [0.15, 0.2) is 0 Å². The molecule has 0 spiro atoms. The lowest BCUT2D eigenvalue weighted by atomic mass is 10.0. The standard InChI is InChI=1S/C14H21N3O/c1-3-7-15-14(13-6-8-18-11-13)5-4-12-9-16-17(2)10-12/h6,8-11,14-15H,3-5,7H2,1-2H3. The van der Waals surface area contributed by atoms with Crippen LogP contribution in [0, 0.1) is 0 Å². The second-order valence-corrected chi connectivity index (χ2v) is 4.62. The third-order valence-electron chi connectivity index (χ3n) is 3.07.